The van der Waals surface area contributed by atoms with E-state index in [1.807, 2.05) is 12.1 Å². The molecule has 1 aliphatic heterocycles. The van der Waals surface area contributed by atoms with Crippen LogP contribution >= 0.6 is 23.1 Å². The first-order valence-corrected chi connectivity index (χ1v) is 9.97. The molecule has 148 valence electrons. The lowest BCUT2D eigenvalue weighted by atomic mass is 10.1. The molecule has 3 aromatic rings. The van der Waals surface area contributed by atoms with Gasteiger partial charge in [-0.15, -0.1) is 11.3 Å². The quantitative estimate of drug-likeness (QED) is 0.620. The molecule has 29 heavy (non-hydrogen) atoms. The van der Waals surface area contributed by atoms with Crippen LogP contribution in [-0.2, 0) is 12.7 Å². The minimum absolute atomic E-state index is 0.0732. The summed E-state index contributed by atoms with van der Waals surface area (Å²) in [6.45, 7) is -0.0732. The number of hydrogen-bond acceptors (Lipinski definition) is 5. The molecule has 4 rings (SSSR count). The molecule has 0 unspecified atom stereocenters. The zero-order valence-corrected chi connectivity index (χ0v) is 16.2. The van der Waals surface area contributed by atoms with Gasteiger partial charge in [0, 0.05) is 26.4 Å². The number of alkyl halides is 3. The Balaban J connectivity index is 1.49. The van der Waals surface area contributed by atoms with Crippen molar-refractivity contribution < 1.29 is 22.8 Å². The number of carbonyl (C=O) groups is 2. The highest BCUT2D eigenvalue weighted by Crippen LogP contribution is 2.39. The summed E-state index contributed by atoms with van der Waals surface area (Å²) in [6, 6.07) is 12.1. The molecule has 0 spiro atoms. The van der Waals surface area contributed by atoms with Gasteiger partial charge in [0.25, 0.3) is 11.8 Å². The second kappa shape index (κ2) is 7.53. The van der Waals surface area contributed by atoms with Crippen molar-refractivity contribution in [3.05, 3.63) is 69.7 Å². The number of hydrogen-bond donors (Lipinski definition) is 2. The number of rotatable bonds is 3. The number of halogens is 3. The molecular formula is C19H12F3N3O2S2. The molecule has 0 fully saturated rings. The highest BCUT2D eigenvalue weighted by atomic mass is 32.2. The minimum atomic E-state index is -4.50. The van der Waals surface area contributed by atoms with Gasteiger partial charge in [-0.05, 0) is 30.3 Å². The summed E-state index contributed by atoms with van der Waals surface area (Å²) in [5.74, 6) is -0.732. The van der Waals surface area contributed by atoms with Crippen LogP contribution in [0.2, 0.25) is 0 Å². The van der Waals surface area contributed by atoms with Gasteiger partial charge in [-0.2, -0.15) is 13.2 Å². The van der Waals surface area contributed by atoms with Crippen LogP contribution < -0.4 is 10.6 Å². The van der Waals surface area contributed by atoms with Gasteiger partial charge in [-0.1, -0.05) is 23.9 Å². The van der Waals surface area contributed by atoms with Gasteiger partial charge in [0.15, 0.2) is 5.01 Å². The normalized spacial score (nSPS) is 13.1. The molecule has 0 saturated carbocycles. The van der Waals surface area contributed by atoms with Crippen molar-refractivity contribution in [2.75, 3.05) is 5.32 Å². The second-order valence-corrected chi connectivity index (χ2v) is 8.27. The van der Waals surface area contributed by atoms with E-state index in [4.69, 9.17) is 0 Å². The summed E-state index contributed by atoms with van der Waals surface area (Å²) in [5.41, 5.74) is 1.34. The summed E-state index contributed by atoms with van der Waals surface area (Å²) < 4.78 is 37.8. The van der Waals surface area contributed by atoms with Crippen molar-refractivity contribution >= 4 is 40.6 Å². The molecule has 2 heterocycles. The van der Waals surface area contributed by atoms with Gasteiger partial charge in [-0.25, -0.2) is 4.98 Å². The Morgan fingerprint density at radius 3 is 2.69 bits per heavy atom. The van der Waals surface area contributed by atoms with E-state index in [9.17, 15) is 22.8 Å². The van der Waals surface area contributed by atoms with Gasteiger partial charge in [0.1, 0.15) is 0 Å². The number of anilines is 1. The predicted molar refractivity (Wildman–Crippen MR) is 103 cm³/mol. The summed E-state index contributed by atoms with van der Waals surface area (Å²) >= 11 is 1.90. The SMILES string of the molecule is O=C(NCc1cnc(C(F)(F)F)s1)c1ccc2c(c1)NC(=O)c1ccccc1S2. The number of nitrogens with zero attached hydrogens (tertiary/aromatic N) is 1. The first-order valence-electron chi connectivity index (χ1n) is 8.33. The maximum Gasteiger partial charge on any atom is 0.443 e. The number of thiazole rings is 1. The van der Waals surface area contributed by atoms with E-state index in [-0.39, 0.29) is 18.0 Å². The molecule has 10 heteroatoms. The average molecular weight is 435 g/mol. The Bertz CT molecular complexity index is 1110. The van der Waals surface area contributed by atoms with Crippen LogP contribution in [-0.4, -0.2) is 16.8 Å². The zero-order valence-electron chi connectivity index (χ0n) is 14.5. The first kappa shape index (κ1) is 19.5. The number of benzene rings is 2. The fourth-order valence-electron chi connectivity index (χ4n) is 2.70. The number of amides is 2. The van der Waals surface area contributed by atoms with Gasteiger partial charge in [0.05, 0.1) is 17.8 Å². The second-order valence-electron chi connectivity index (χ2n) is 6.08. The van der Waals surface area contributed by atoms with E-state index in [1.165, 1.54) is 11.8 Å². The molecule has 0 atom stereocenters. The Labute approximate surface area is 171 Å². The van der Waals surface area contributed by atoms with E-state index in [1.54, 1.807) is 30.3 Å². The van der Waals surface area contributed by atoms with Gasteiger partial charge in [0.2, 0.25) is 0 Å². The van der Waals surface area contributed by atoms with Gasteiger partial charge < -0.3 is 10.6 Å². The summed E-state index contributed by atoms with van der Waals surface area (Å²) in [4.78, 5) is 30.1. The maximum atomic E-state index is 12.6. The fourth-order valence-corrected chi connectivity index (χ4v) is 4.43. The van der Waals surface area contributed by atoms with Crippen LogP contribution in [0.4, 0.5) is 18.9 Å². The Hall–Kier alpha value is -2.85. The first-order chi connectivity index (χ1) is 13.8. The van der Waals surface area contributed by atoms with Crippen LogP contribution in [0.3, 0.4) is 0 Å². The molecular weight excluding hydrogens is 423 g/mol. The zero-order chi connectivity index (χ0) is 20.6. The smallest absolute Gasteiger partial charge is 0.347 e. The summed E-state index contributed by atoms with van der Waals surface area (Å²) in [6.07, 6.45) is -3.41. The Kier molecular flexibility index (Phi) is 5.05. The van der Waals surface area contributed by atoms with Crippen LogP contribution in [0.5, 0.6) is 0 Å². The third-order valence-corrected chi connectivity index (χ3v) is 6.25. The van der Waals surface area contributed by atoms with Gasteiger partial charge >= 0.3 is 6.18 Å². The van der Waals surface area contributed by atoms with Crippen molar-refractivity contribution in [3.63, 3.8) is 0 Å². The third-order valence-electron chi connectivity index (χ3n) is 4.06. The van der Waals surface area contributed by atoms with Gasteiger partial charge in [-0.3, -0.25) is 9.59 Å². The number of nitrogens with one attached hydrogen (secondary N) is 2. The van der Waals surface area contributed by atoms with Crippen molar-refractivity contribution in [2.24, 2.45) is 0 Å². The number of carbonyl (C=O) groups excluding carboxylic acids is 2. The lowest BCUT2D eigenvalue weighted by Crippen LogP contribution is -2.22. The molecule has 2 aromatic carbocycles. The molecule has 2 amide bonds. The topological polar surface area (TPSA) is 71.1 Å². The van der Waals surface area contributed by atoms with Crippen molar-refractivity contribution in [1.29, 1.82) is 0 Å². The number of fused-ring (bicyclic) bond motifs is 2. The lowest BCUT2D eigenvalue weighted by Gasteiger charge is -2.09. The highest BCUT2D eigenvalue weighted by Gasteiger charge is 2.34. The average Bonchev–Trinajstić information content (AvgIpc) is 3.12. The third kappa shape index (κ3) is 4.13. The molecule has 0 bridgehead atoms. The van der Waals surface area contributed by atoms with Crippen LogP contribution in [0.1, 0.15) is 30.6 Å². The summed E-state index contributed by atoms with van der Waals surface area (Å²) in [5, 5.41) is 4.42. The fraction of sp³-hybridized carbons (Fsp3) is 0.105. The molecule has 1 aromatic heterocycles. The van der Waals surface area contributed by atoms with Crippen LogP contribution in [0, 0.1) is 0 Å². The Morgan fingerprint density at radius 1 is 1.14 bits per heavy atom. The largest absolute Gasteiger partial charge is 0.443 e. The predicted octanol–water partition coefficient (Wildman–Crippen LogP) is 4.81. The van der Waals surface area contributed by atoms with E-state index < -0.39 is 17.1 Å². The maximum absolute atomic E-state index is 12.6. The van der Waals surface area contributed by atoms with Crippen LogP contribution in [0.25, 0.3) is 0 Å². The molecule has 1 aliphatic rings. The standard InChI is InChI=1S/C19H12F3N3O2S2/c20-19(21,22)18-24-9-11(28-18)8-23-16(26)10-5-6-15-13(7-10)25-17(27)12-3-1-2-4-14(12)29-15/h1-7,9H,8H2,(H,23,26)(H,25,27). The lowest BCUT2D eigenvalue weighted by molar-refractivity contribution is -0.137. The monoisotopic (exact) mass is 435 g/mol. The van der Waals surface area contributed by atoms with Crippen LogP contribution in [0.15, 0.2) is 58.5 Å². The minimum Gasteiger partial charge on any atom is -0.347 e. The Morgan fingerprint density at radius 2 is 1.93 bits per heavy atom. The molecule has 5 nitrogen and oxygen atoms in total. The van der Waals surface area contributed by atoms with Crippen molar-refractivity contribution in [3.8, 4) is 0 Å². The van der Waals surface area contributed by atoms with Crippen molar-refractivity contribution in [2.45, 2.75) is 22.5 Å². The van der Waals surface area contributed by atoms with E-state index in [2.05, 4.69) is 15.6 Å². The van der Waals surface area contributed by atoms with E-state index in [0.29, 0.717) is 27.5 Å². The van der Waals surface area contributed by atoms with E-state index >= 15 is 0 Å². The number of aromatic nitrogens is 1. The van der Waals surface area contributed by atoms with Crippen molar-refractivity contribution in [1.82, 2.24) is 10.3 Å². The van der Waals surface area contributed by atoms with E-state index in [0.717, 1.165) is 16.0 Å². The molecule has 0 aliphatic carbocycles. The highest BCUT2D eigenvalue weighted by molar-refractivity contribution is 7.99. The molecule has 0 radical (unpaired) electrons. The molecule has 0 saturated heterocycles. The molecule has 2 N–H and O–H groups in total. The summed E-state index contributed by atoms with van der Waals surface area (Å²) in [7, 11) is 0.